The topological polar surface area (TPSA) is 66.7 Å². The molecule has 5 rings (SSSR count). The highest BCUT2D eigenvalue weighted by atomic mass is 35.5. The second-order valence-corrected chi connectivity index (χ2v) is 11.2. The average Bonchev–Trinajstić information content (AvgIpc) is 3.31. The number of nitrogens with zero attached hydrogens (tertiary/aromatic N) is 3. The lowest BCUT2D eigenvalue weighted by Gasteiger charge is -2.36. The van der Waals surface area contributed by atoms with Gasteiger partial charge >= 0.3 is 0 Å². The fourth-order valence-corrected chi connectivity index (χ4v) is 5.84. The lowest BCUT2D eigenvalue weighted by molar-refractivity contribution is 0.525. The molecule has 1 aliphatic rings. The molecule has 4 aromatic rings. The van der Waals surface area contributed by atoms with Crippen molar-refractivity contribution in [2.24, 2.45) is 0 Å². The summed E-state index contributed by atoms with van der Waals surface area (Å²) in [4.78, 5) is 8.61. The molecule has 6 nitrogen and oxygen atoms in total. The molecule has 0 N–H and O–H groups in total. The maximum atomic E-state index is 13.6. The summed E-state index contributed by atoms with van der Waals surface area (Å²) in [5.74, 6) is 0.344. The van der Waals surface area contributed by atoms with Crippen molar-refractivity contribution in [2.75, 3.05) is 36.0 Å². The minimum Gasteiger partial charge on any atom is -0.419 e. The van der Waals surface area contributed by atoms with Crippen molar-refractivity contribution in [3.8, 4) is 11.5 Å². The smallest absolute Gasteiger partial charge is 0.236 e. The molecule has 1 fully saturated rings. The zero-order valence-corrected chi connectivity index (χ0v) is 21.4. The van der Waals surface area contributed by atoms with Crippen molar-refractivity contribution in [3.05, 3.63) is 87.9 Å². The van der Waals surface area contributed by atoms with Crippen molar-refractivity contribution in [3.63, 3.8) is 0 Å². The Morgan fingerprint density at radius 2 is 1.46 bits per heavy atom. The quantitative estimate of drug-likeness (QED) is 0.285. The molecular weight excluding hydrogens is 529 g/mol. The van der Waals surface area contributed by atoms with Crippen LogP contribution in [0.1, 0.15) is 0 Å². The monoisotopic (exact) mass is 547 g/mol. The molecule has 0 spiro atoms. The minimum atomic E-state index is -3.99. The third kappa shape index (κ3) is 4.86. The highest BCUT2D eigenvalue weighted by molar-refractivity contribution is 7.91. The highest BCUT2D eigenvalue weighted by Crippen LogP contribution is 2.37. The number of aromatic nitrogens is 1. The van der Waals surface area contributed by atoms with Crippen molar-refractivity contribution < 1.29 is 12.8 Å². The van der Waals surface area contributed by atoms with E-state index in [-0.39, 0.29) is 21.7 Å². The van der Waals surface area contributed by atoms with Crippen LogP contribution in [0.5, 0.6) is 0 Å². The average molecular weight is 549 g/mol. The number of piperazine rings is 1. The van der Waals surface area contributed by atoms with E-state index in [1.165, 1.54) is 24.3 Å². The van der Waals surface area contributed by atoms with E-state index in [1.54, 1.807) is 24.3 Å². The molecule has 2 heterocycles. The first-order valence-electron chi connectivity index (χ1n) is 10.8. The molecular formula is C25H20Cl3N3O3S. The summed E-state index contributed by atoms with van der Waals surface area (Å²) < 4.78 is 33.3. The summed E-state index contributed by atoms with van der Waals surface area (Å²) in [5.41, 5.74) is 1.53. The van der Waals surface area contributed by atoms with Crippen LogP contribution in [0, 0.1) is 0 Å². The zero-order chi connectivity index (χ0) is 24.6. The van der Waals surface area contributed by atoms with Gasteiger partial charge in [0.15, 0.2) is 0 Å². The molecule has 0 atom stereocenters. The summed E-state index contributed by atoms with van der Waals surface area (Å²) in [6.07, 6.45) is 0. The van der Waals surface area contributed by atoms with Crippen molar-refractivity contribution >= 4 is 56.2 Å². The van der Waals surface area contributed by atoms with E-state index in [9.17, 15) is 8.42 Å². The van der Waals surface area contributed by atoms with Gasteiger partial charge in [0.2, 0.25) is 26.6 Å². The molecule has 10 heteroatoms. The minimum absolute atomic E-state index is 0.0831. The van der Waals surface area contributed by atoms with Crippen LogP contribution >= 0.6 is 34.8 Å². The van der Waals surface area contributed by atoms with Crippen molar-refractivity contribution in [1.82, 2.24) is 4.98 Å². The van der Waals surface area contributed by atoms with Gasteiger partial charge in [-0.1, -0.05) is 53.0 Å². The SMILES string of the molecule is O=S(=O)(c1ccc(Cl)cc1)c1nc(-c2ccccc2Cl)oc1N1CCN(c2cccc(Cl)c2)CC1. The van der Waals surface area contributed by atoms with Gasteiger partial charge in [-0.15, -0.1) is 0 Å². The van der Waals surface area contributed by atoms with Gasteiger partial charge in [-0.25, -0.2) is 8.42 Å². The molecule has 0 unspecified atom stereocenters. The van der Waals surface area contributed by atoms with Crippen molar-refractivity contribution in [1.29, 1.82) is 0 Å². The van der Waals surface area contributed by atoms with E-state index in [0.29, 0.717) is 46.8 Å². The molecule has 1 aromatic heterocycles. The third-order valence-electron chi connectivity index (χ3n) is 5.80. The van der Waals surface area contributed by atoms with Crippen LogP contribution in [-0.4, -0.2) is 39.6 Å². The molecule has 1 saturated heterocycles. The lowest BCUT2D eigenvalue weighted by Crippen LogP contribution is -2.46. The van der Waals surface area contributed by atoms with Crippen LogP contribution in [0.2, 0.25) is 15.1 Å². The van der Waals surface area contributed by atoms with Crippen LogP contribution in [0.4, 0.5) is 11.6 Å². The molecule has 0 saturated carbocycles. The van der Waals surface area contributed by atoms with Crippen LogP contribution in [0.3, 0.4) is 0 Å². The number of hydrogen-bond acceptors (Lipinski definition) is 6. The van der Waals surface area contributed by atoms with E-state index in [0.717, 1.165) is 5.69 Å². The van der Waals surface area contributed by atoms with Crippen LogP contribution < -0.4 is 9.80 Å². The number of anilines is 2. The van der Waals surface area contributed by atoms with Gasteiger partial charge in [-0.2, -0.15) is 4.98 Å². The van der Waals surface area contributed by atoms with E-state index in [1.807, 2.05) is 29.2 Å². The summed E-state index contributed by atoms with van der Waals surface area (Å²) >= 11 is 18.5. The van der Waals surface area contributed by atoms with E-state index < -0.39 is 9.84 Å². The number of oxazole rings is 1. The normalized spacial score (nSPS) is 14.4. The largest absolute Gasteiger partial charge is 0.419 e. The second kappa shape index (κ2) is 9.74. The summed E-state index contributed by atoms with van der Waals surface area (Å²) in [5, 5.41) is 1.38. The molecule has 180 valence electrons. The maximum Gasteiger partial charge on any atom is 0.236 e. The maximum absolute atomic E-state index is 13.6. The Bertz CT molecular complexity index is 1460. The van der Waals surface area contributed by atoms with Gasteiger partial charge in [0, 0.05) is 41.9 Å². The molecule has 0 amide bonds. The van der Waals surface area contributed by atoms with E-state index in [4.69, 9.17) is 39.2 Å². The van der Waals surface area contributed by atoms with Gasteiger partial charge in [0.25, 0.3) is 0 Å². The first kappa shape index (κ1) is 24.0. The van der Waals surface area contributed by atoms with E-state index in [2.05, 4.69) is 9.88 Å². The predicted octanol–water partition coefficient (Wildman–Crippen LogP) is 6.46. The molecule has 1 aliphatic heterocycles. The van der Waals surface area contributed by atoms with E-state index >= 15 is 0 Å². The Hall–Kier alpha value is -2.71. The van der Waals surface area contributed by atoms with Gasteiger partial charge in [-0.3, -0.25) is 0 Å². The molecule has 0 bridgehead atoms. The summed E-state index contributed by atoms with van der Waals surface area (Å²) in [6.45, 7) is 2.38. The second-order valence-electron chi connectivity index (χ2n) is 8.02. The van der Waals surface area contributed by atoms with Crippen molar-refractivity contribution in [2.45, 2.75) is 9.92 Å². The Balaban J connectivity index is 1.52. The third-order valence-corrected chi connectivity index (χ3v) is 8.29. The van der Waals surface area contributed by atoms with Crippen LogP contribution in [-0.2, 0) is 9.84 Å². The molecule has 35 heavy (non-hydrogen) atoms. The standard InChI is InChI=1S/C25H20Cl3N3O3S/c26-17-8-10-20(11-9-17)35(32,33)24-25(34-23(29-24)21-6-1-2-7-22(21)28)31-14-12-30(13-15-31)19-5-3-4-18(27)16-19/h1-11,16H,12-15H2. The van der Waals surface area contributed by atoms with Gasteiger partial charge < -0.3 is 14.2 Å². The number of hydrogen-bond donors (Lipinski definition) is 0. The first-order chi connectivity index (χ1) is 16.8. The Morgan fingerprint density at radius 3 is 2.14 bits per heavy atom. The van der Waals surface area contributed by atoms with Crippen LogP contribution in [0.25, 0.3) is 11.5 Å². The summed E-state index contributed by atoms with van der Waals surface area (Å²) in [7, 11) is -3.99. The Kier molecular flexibility index (Phi) is 6.68. The first-order valence-corrected chi connectivity index (χ1v) is 13.5. The lowest BCUT2D eigenvalue weighted by atomic mass is 10.2. The number of sulfone groups is 1. The summed E-state index contributed by atoms with van der Waals surface area (Å²) in [6, 6.07) is 20.7. The molecule has 0 aliphatic carbocycles. The Labute approximate surface area is 218 Å². The van der Waals surface area contributed by atoms with Gasteiger partial charge in [0.1, 0.15) is 0 Å². The molecule has 0 radical (unpaired) electrons. The Morgan fingerprint density at radius 1 is 0.771 bits per heavy atom. The van der Waals surface area contributed by atoms with Gasteiger partial charge in [-0.05, 0) is 54.6 Å². The predicted molar refractivity (Wildman–Crippen MR) is 140 cm³/mol. The number of halogens is 3. The fourth-order valence-electron chi connectivity index (χ4n) is 3.99. The molecule has 3 aromatic carbocycles. The number of rotatable bonds is 5. The number of benzene rings is 3. The fraction of sp³-hybridized carbons (Fsp3) is 0.160. The van der Waals surface area contributed by atoms with Crippen LogP contribution in [0.15, 0.2) is 87.1 Å². The highest BCUT2D eigenvalue weighted by Gasteiger charge is 2.33. The zero-order valence-electron chi connectivity index (χ0n) is 18.4. The van der Waals surface area contributed by atoms with Gasteiger partial charge in [0.05, 0.1) is 15.5 Å².